The molecule has 1 saturated heterocycles. The third kappa shape index (κ3) is 4.03. The van der Waals surface area contributed by atoms with E-state index in [1.807, 2.05) is 22.7 Å². The maximum Gasteiger partial charge on any atom is 0.239 e. The molecule has 0 radical (unpaired) electrons. The molecule has 2 fully saturated rings. The van der Waals surface area contributed by atoms with Crippen LogP contribution in [0.5, 0.6) is 0 Å². The highest BCUT2D eigenvalue weighted by Gasteiger charge is 2.32. The van der Waals surface area contributed by atoms with E-state index in [2.05, 4.69) is 11.9 Å². The van der Waals surface area contributed by atoms with Crippen LogP contribution in [0.1, 0.15) is 25.7 Å². The normalized spacial score (nSPS) is 25.1. The summed E-state index contributed by atoms with van der Waals surface area (Å²) in [5, 5.41) is 3.46. The first-order valence-corrected chi connectivity index (χ1v) is 7.70. The number of amides is 1. The third-order valence-corrected chi connectivity index (χ3v) is 4.23. The molecule has 1 atom stereocenters. The number of nitrogens with one attached hydrogen (secondary N) is 1. The maximum atomic E-state index is 12.2. The van der Waals surface area contributed by atoms with Gasteiger partial charge in [0.15, 0.2) is 0 Å². The van der Waals surface area contributed by atoms with Gasteiger partial charge in [-0.2, -0.15) is 11.8 Å². The minimum atomic E-state index is 0.0978. The molecule has 1 unspecified atom stereocenters. The molecule has 0 aromatic carbocycles. The molecule has 3 nitrogen and oxygen atoms in total. The zero-order valence-corrected chi connectivity index (χ0v) is 11.2. The highest BCUT2D eigenvalue weighted by Crippen LogP contribution is 2.22. The van der Waals surface area contributed by atoms with Crippen LogP contribution in [0.3, 0.4) is 0 Å². The Morgan fingerprint density at radius 1 is 1.47 bits per heavy atom. The lowest BCUT2D eigenvalue weighted by Gasteiger charge is -2.32. The fourth-order valence-electron chi connectivity index (χ4n) is 2.19. The van der Waals surface area contributed by atoms with E-state index in [4.69, 9.17) is 0 Å². The van der Waals surface area contributed by atoms with Crippen molar-refractivity contribution in [2.75, 3.05) is 24.6 Å². The van der Waals surface area contributed by atoms with E-state index in [9.17, 15) is 4.79 Å². The molecule has 1 amide bonds. The molecular formula is C13H22N2OS. The summed E-state index contributed by atoms with van der Waals surface area (Å²) in [5.41, 5.74) is 0. The maximum absolute atomic E-state index is 12.2. The zero-order valence-electron chi connectivity index (χ0n) is 10.4. The van der Waals surface area contributed by atoms with Gasteiger partial charge in [-0.1, -0.05) is 6.08 Å². The molecule has 1 aliphatic heterocycles. The predicted octanol–water partition coefficient (Wildman–Crippen LogP) is 1.65. The first-order chi connectivity index (χ1) is 8.31. The molecule has 1 N–H and O–H groups in total. The van der Waals surface area contributed by atoms with Crippen LogP contribution in [0, 0.1) is 0 Å². The van der Waals surface area contributed by atoms with E-state index in [0.717, 1.165) is 37.4 Å². The first kappa shape index (κ1) is 13.0. The summed E-state index contributed by atoms with van der Waals surface area (Å²) < 4.78 is 0. The van der Waals surface area contributed by atoms with Crippen LogP contribution >= 0.6 is 11.8 Å². The Balaban J connectivity index is 1.72. The lowest BCUT2D eigenvalue weighted by molar-refractivity contribution is -0.135. The number of nitrogens with zero attached hydrogens (tertiary/aromatic N) is 1. The predicted molar refractivity (Wildman–Crippen MR) is 73.3 cm³/mol. The zero-order chi connectivity index (χ0) is 12.1. The number of hydrogen-bond donors (Lipinski definition) is 1. The van der Waals surface area contributed by atoms with E-state index >= 15 is 0 Å². The molecule has 2 rings (SSSR count). The lowest BCUT2D eigenvalue weighted by Crippen LogP contribution is -2.51. The van der Waals surface area contributed by atoms with Crippen molar-refractivity contribution in [3.05, 3.63) is 12.7 Å². The summed E-state index contributed by atoms with van der Waals surface area (Å²) in [4.78, 5) is 14.2. The number of piperidine rings is 1. The Kier molecular flexibility index (Phi) is 4.92. The van der Waals surface area contributed by atoms with E-state index in [0.29, 0.717) is 11.9 Å². The molecule has 96 valence electrons. The van der Waals surface area contributed by atoms with Crippen LogP contribution in [-0.2, 0) is 4.79 Å². The van der Waals surface area contributed by atoms with E-state index in [-0.39, 0.29) is 6.04 Å². The average Bonchev–Trinajstić information content (AvgIpc) is 3.13. The van der Waals surface area contributed by atoms with Crippen molar-refractivity contribution in [2.24, 2.45) is 0 Å². The van der Waals surface area contributed by atoms with Crippen molar-refractivity contribution in [1.29, 1.82) is 0 Å². The van der Waals surface area contributed by atoms with Gasteiger partial charge in [0.05, 0.1) is 6.04 Å². The number of carbonyl (C=O) groups excluding carboxylic acids is 1. The van der Waals surface area contributed by atoms with Gasteiger partial charge >= 0.3 is 0 Å². The number of thioether (sulfide) groups is 1. The highest BCUT2D eigenvalue weighted by atomic mass is 32.2. The topological polar surface area (TPSA) is 32.3 Å². The van der Waals surface area contributed by atoms with Gasteiger partial charge in [-0.15, -0.1) is 6.58 Å². The standard InChI is InChI=1S/C13H22N2OS/c1-2-9-17-10-8-15-7-3-4-12(13(15)16)14-11-5-6-11/h2,11-12,14H,1,3-10H2. The number of carbonyl (C=O) groups is 1. The number of rotatable bonds is 7. The molecule has 0 aromatic heterocycles. The molecule has 0 aromatic rings. The second kappa shape index (κ2) is 6.45. The number of likely N-dealkylation sites (tertiary alicyclic amines) is 1. The Labute approximate surface area is 108 Å². The molecular weight excluding hydrogens is 232 g/mol. The lowest BCUT2D eigenvalue weighted by atomic mass is 10.0. The van der Waals surface area contributed by atoms with Gasteiger partial charge in [-0.3, -0.25) is 4.79 Å². The van der Waals surface area contributed by atoms with Gasteiger partial charge < -0.3 is 10.2 Å². The molecule has 17 heavy (non-hydrogen) atoms. The van der Waals surface area contributed by atoms with Crippen LogP contribution in [0.4, 0.5) is 0 Å². The molecule has 1 saturated carbocycles. The quantitative estimate of drug-likeness (QED) is 0.554. The highest BCUT2D eigenvalue weighted by molar-refractivity contribution is 7.99. The van der Waals surface area contributed by atoms with Crippen molar-refractivity contribution in [3.8, 4) is 0 Å². The average molecular weight is 254 g/mol. The smallest absolute Gasteiger partial charge is 0.239 e. The van der Waals surface area contributed by atoms with Crippen LogP contribution in [0.25, 0.3) is 0 Å². The number of hydrogen-bond acceptors (Lipinski definition) is 3. The van der Waals surface area contributed by atoms with Crippen molar-refractivity contribution in [2.45, 2.75) is 37.8 Å². The molecule has 1 aliphatic carbocycles. The van der Waals surface area contributed by atoms with E-state index in [1.165, 1.54) is 12.8 Å². The first-order valence-electron chi connectivity index (χ1n) is 6.54. The van der Waals surface area contributed by atoms with Crippen molar-refractivity contribution >= 4 is 17.7 Å². The van der Waals surface area contributed by atoms with Gasteiger partial charge in [0, 0.05) is 30.6 Å². The summed E-state index contributed by atoms with van der Waals surface area (Å²) >= 11 is 1.84. The Bertz CT molecular complexity index is 279. The SMILES string of the molecule is C=CCSCCN1CCCC(NC2CC2)C1=O. The molecule has 0 bridgehead atoms. The third-order valence-electron chi connectivity index (χ3n) is 3.29. The second-order valence-electron chi connectivity index (χ2n) is 4.82. The minimum absolute atomic E-state index is 0.0978. The molecule has 4 heteroatoms. The fraction of sp³-hybridized carbons (Fsp3) is 0.769. The van der Waals surface area contributed by atoms with Gasteiger partial charge in [-0.25, -0.2) is 0 Å². The van der Waals surface area contributed by atoms with E-state index < -0.39 is 0 Å². The summed E-state index contributed by atoms with van der Waals surface area (Å²) in [5.74, 6) is 2.32. The summed E-state index contributed by atoms with van der Waals surface area (Å²) in [6.45, 7) is 5.53. The van der Waals surface area contributed by atoms with Crippen LogP contribution in [0.2, 0.25) is 0 Å². The largest absolute Gasteiger partial charge is 0.341 e. The summed E-state index contributed by atoms with van der Waals surface area (Å²) in [7, 11) is 0. The Hall–Kier alpha value is -0.480. The molecule has 0 spiro atoms. The Morgan fingerprint density at radius 2 is 2.29 bits per heavy atom. The minimum Gasteiger partial charge on any atom is -0.341 e. The van der Waals surface area contributed by atoms with Crippen LogP contribution in [0.15, 0.2) is 12.7 Å². The summed E-state index contributed by atoms with van der Waals surface area (Å²) in [6, 6.07) is 0.722. The Morgan fingerprint density at radius 3 is 3.00 bits per heavy atom. The second-order valence-corrected chi connectivity index (χ2v) is 5.97. The summed E-state index contributed by atoms with van der Waals surface area (Å²) in [6.07, 6.45) is 6.58. The van der Waals surface area contributed by atoms with E-state index in [1.54, 1.807) is 0 Å². The van der Waals surface area contributed by atoms with Crippen molar-refractivity contribution in [3.63, 3.8) is 0 Å². The monoisotopic (exact) mass is 254 g/mol. The van der Waals surface area contributed by atoms with Gasteiger partial charge in [0.1, 0.15) is 0 Å². The van der Waals surface area contributed by atoms with Gasteiger partial charge in [0.2, 0.25) is 5.91 Å². The molecule has 1 heterocycles. The van der Waals surface area contributed by atoms with Gasteiger partial charge in [0.25, 0.3) is 0 Å². The van der Waals surface area contributed by atoms with Crippen LogP contribution in [-0.4, -0.2) is 47.5 Å². The van der Waals surface area contributed by atoms with Crippen molar-refractivity contribution in [1.82, 2.24) is 10.2 Å². The van der Waals surface area contributed by atoms with Gasteiger partial charge in [-0.05, 0) is 25.7 Å². The molecule has 2 aliphatic rings. The van der Waals surface area contributed by atoms with Crippen molar-refractivity contribution < 1.29 is 4.79 Å². The fourth-order valence-corrected chi connectivity index (χ4v) is 2.88. The van der Waals surface area contributed by atoms with Crippen LogP contribution < -0.4 is 5.32 Å².